The summed E-state index contributed by atoms with van der Waals surface area (Å²) >= 11 is 14.1. The molecule has 20 heteroatoms. The zero-order chi connectivity index (χ0) is 49.3. The fourth-order valence-corrected chi connectivity index (χ4v) is 14.1. The fraction of sp³-hybridized carbons (Fsp3) is 0.260. The lowest BCUT2D eigenvalue weighted by atomic mass is 9.94. The number of hydrogen-bond donors (Lipinski definition) is 4. The zero-order valence-electron chi connectivity index (χ0n) is 38.0. The van der Waals surface area contributed by atoms with Gasteiger partial charge < -0.3 is 20.7 Å². The maximum absolute atomic E-state index is 13.3. The second kappa shape index (κ2) is 23.1. The third-order valence-electron chi connectivity index (χ3n) is 12.0. The molecular weight excluding hydrogens is 1010 g/mol. The van der Waals surface area contributed by atoms with Crippen molar-refractivity contribution in [1.82, 2.24) is 29.4 Å². The highest BCUT2D eigenvalue weighted by atomic mass is 35.5. The minimum atomic E-state index is -3.60. The highest BCUT2D eigenvalue weighted by molar-refractivity contribution is 7.91. The van der Waals surface area contributed by atoms with Crippen LogP contribution in [0.15, 0.2) is 142 Å². The van der Waals surface area contributed by atoms with Crippen molar-refractivity contribution < 1.29 is 31.2 Å². The summed E-state index contributed by atoms with van der Waals surface area (Å²) in [6.07, 6.45) is 2.90. The summed E-state index contributed by atoms with van der Waals surface area (Å²) < 4.78 is 61.6. The Morgan fingerprint density at radius 2 is 1.14 bits per heavy atom. The number of benzene rings is 4. The number of sulfonamides is 2. The Morgan fingerprint density at radius 1 is 0.657 bits per heavy atom. The largest absolute Gasteiger partial charge is 0.497 e. The number of carbonyl (C=O) groups excluding carboxylic acids is 2. The Hall–Kier alpha value is -5.57. The Kier molecular flexibility index (Phi) is 16.8. The Labute approximate surface area is 426 Å². The van der Waals surface area contributed by atoms with Crippen LogP contribution in [0.1, 0.15) is 67.8 Å². The van der Waals surface area contributed by atoms with Gasteiger partial charge >= 0.3 is 0 Å². The van der Waals surface area contributed by atoms with Crippen molar-refractivity contribution in [3.05, 3.63) is 170 Å². The van der Waals surface area contributed by atoms with Gasteiger partial charge in [0.15, 0.2) is 0 Å². The molecule has 0 aliphatic carbocycles. The Morgan fingerprint density at radius 3 is 1.63 bits per heavy atom. The SMILES string of the molecule is COc1ccc(-c2cc(C3CCN(S(=O)(=O)c4ccc(CNC(=O)c5ccc(Cl)cc5)s4)CC3)n[nH]2)cc1.O=C(NCc1ccc(S(=O)(=O)N2CCC(Nc3ccccc3)CC2)s1)c1ccc(Cl)cc1. The molecule has 0 atom stereocenters. The molecule has 0 spiro atoms. The predicted molar refractivity (Wildman–Crippen MR) is 277 cm³/mol. The average molecular weight is 1060 g/mol. The van der Waals surface area contributed by atoms with Crippen molar-refractivity contribution in [2.75, 3.05) is 38.6 Å². The van der Waals surface area contributed by atoms with E-state index in [-0.39, 0.29) is 41.1 Å². The molecule has 4 aromatic carbocycles. The molecule has 3 aromatic heterocycles. The number of aromatic amines is 1. The second-order valence-electron chi connectivity index (χ2n) is 16.6. The van der Waals surface area contributed by atoms with Crippen LogP contribution in [-0.4, -0.2) is 86.8 Å². The number of carbonyl (C=O) groups is 2. The molecule has 2 amide bonds. The number of nitrogens with one attached hydrogen (secondary N) is 4. The molecule has 0 bridgehead atoms. The van der Waals surface area contributed by atoms with Gasteiger partial charge in [-0.25, -0.2) is 16.8 Å². The molecule has 4 N–H and O–H groups in total. The van der Waals surface area contributed by atoms with Gasteiger partial charge in [0.2, 0.25) is 0 Å². The first-order valence-electron chi connectivity index (χ1n) is 22.5. The van der Waals surface area contributed by atoms with Crippen molar-refractivity contribution in [1.29, 1.82) is 0 Å². The quantitative estimate of drug-likeness (QED) is 0.0777. The van der Waals surface area contributed by atoms with E-state index < -0.39 is 20.0 Å². The minimum Gasteiger partial charge on any atom is -0.497 e. The number of halogens is 2. The summed E-state index contributed by atoms with van der Waals surface area (Å²) in [6, 6.07) is 40.0. The molecule has 0 radical (unpaired) electrons. The number of hydrogen-bond acceptors (Lipinski definition) is 11. The van der Waals surface area contributed by atoms with Gasteiger partial charge in [-0.3, -0.25) is 14.7 Å². The van der Waals surface area contributed by atoms with Gasteiger partial charge in [-0.15, -0.1) is 22.7 Å². The van der Waals surface area contributed by atoms with Crippen molar-refractivity contribution in [3.63, 3.8) is 0 Å². The van der Waals surface area contributed by atoms with Crippen LogP contribution < -0.4 is 20.7 Å². The predicted octanol–water partition coefficient (Wildman–Crippen LogP) is 9.90. The molecule has 7 aromatic rings. The summed E-state index contributed by atoms with van der Waals surface area (Å²) in [5.74, 6) is 0.511. The van der Waals surface area contributed by atoms with Gasteiger partial charge in [0.25, 0.3) is 31.9 Å². The number of methoxy groups -OCH3 is 1. The van der Waals surface area contributed by atoms with E-state index >= 15 is 0 Å². The molecule has 2 aliphatic heterocycles. The number of H-pyrrole nitrogens is 1. The van der Waals surface area contributed by atoms with Crippen LogP contribution in [0, 0.1) is 0 Å². The molecular formula is C50H51Cl2N7O7S4. The van der Waals surface area contributed by atoms with Crippen LogP contribution in [0.5, 0.6) is 5.75 Å². The molecule has 0 saturated carbocycles. The van der Waals surface area contributed by atoms with E-state index in [0.29, 0.717) is 64.4 Å². The molecule has 14 nitrogen and oxygen atoms in total. The number of nitrogens with zero attached hydrogens (tertiary/aromatic N) is 3. The molecule has 2 aliphatic rings. The number of anilines is 1. The van der Waals surface area contributed by atoms with Gasteiger partial charge in [-0.2, -0.15) is 13.7 Å². The molecule has 0 unspecified atom stereocenters. The van der Waals surface area contributed by atoms with E-state index in [9.17, 15) is 26.4 Å². The number of aromatic nitrogens is 2. The lowest BCUT2D eigenvalue weighted by molar-refractivity contribution is 0.0943. The van der Waals surface area contributed by atoms with E-state index in [2.05, 4.69) is 26.1 Å². The van der Waals surface area contributed by atoms with Crippen molar-refractivity contribution in [2.45, 2.75) is 59.2 Å². The Balaban J connectivity index is 0.000000191. The van der Waals surface area contributed by atoms with E-state index in [1.54, 1.807) is 88.5 Å². The summed E-state index contributed by atoms with van der Waals surface area (Å²) in [4.78, 5) is 26.2. The number of thiophene rings is 2. The topological polar surface area (TPSA) is 183 Å². The maximum Gasteiger partial charge on any atom is 0.252 e. The number of ether oxygens (including phenoxy) is 1. The Bertz CT molecular complexity index is 3080. The number of piperidine rings is 2. The molecule has 5 heterocycles. The summed E-state index contributed by atoms with van der Waals surface area (Å²) in [5, 5.41) is 17.8. The highest BCUT2D eigenvalue weighted by Gasteiger charge is 2.33. The minimum absolute atomic E-state index is 0.187. The summed E-state index contributed by atoms with van der Waals surface area (Å²) in [6.45, 7) is 2.33. The molecule has 2 saturated heterocycles. The van der Waals surface area contributed by atoms with E-state index in [0.717, 1.165) is 51.0 Å². The third kappa shape index (κ3) is 12.8. The lowest BCUT2D eigenvalue weighted by Crippen LogP contribution is -2.42. The summed E-state index contributed by atoms with van der Waals surface area (Å²) in [5.41, 5.74) is 4.94. The molecule has 366 valence electrons. The van der Waals surface area contributed by atoms with Crippen LogP contribution in [-0.2, 0) is 33.1 Å². The normalized spacial score (nSPS) is 15.1. The fourth-order valence-electron chi connectivity index (χ4n) is 8.05. The van der Waals surface area contributed by atoms with E-state index in [1.165, 1.54) is 22.7 Å². The van der Waals surface area contributed by atoms with Gasteiger partial charge in [-0.1, -0.05) is 41.4 Å². The van der Waals surface area contributed by atoms with Crippen LogP contribution in [0.25, 0.3) is 11.3 Å². The van der Waals surface area contributed by atoms with Crippen LogP contribution in [0.4, 0.5) is 5.69 Å². The van der Waals surface area contributed by atoms with Crippen molar-refractivity contribution in [2.24, 2.45) is 0 Å². The van der Waals surface area contributed by atoms with Crippen LogP contribution in [0.3, 0.4) is 0 Å². The van der Waals surface area contributed by atoms with Gasteiger partial charge in [0.1, 0.15) is 14.2 Å². The standard InChI is InChI=1S/C27H27ClN4O4S2.C23H24ClN3O3S2/c1-36-22-8-4-18(5-9-22)24-16-25(31-30-24)19-12-14-32(15-13-19)38(34,35)26-11-10-23(37-26)17-29-27(33)20-2-6-21(28)7-3-20;24-18-8-6-17(7-9-18)23(28)25-16-21-10-11-22(31-21)32(29,30)27-14-12-20(13-15-27)26-19-4-2-1-3-5-19/h2-11,16,19H,12-15,17H2,1H3,(H,29,33)(H,30,31);1-11,20,26H,12-16H2,(H,25,28). The first-order valence-corrected chi connectivity index (χ1v) is 27.8. The molecule has 9 rings (SSSR count). The van der Waals surface area contributed by atoms with Crippen molar-refractivity contribution in [3.8, 4) is 17.0 Å². The highest BCUT2D eigenvalue weighted by Crippen LogP contribution is 2.34. The van der Waals surface area contributed by atoms with E-state index in [1.807, 2.05) is 60.7 Å². The number of rotatable bonds is 15. The van der Waals surface area contributed by atoms with Crippen LogP contribution >= 0.6 is 45.9 Å². The van der Waals surface area contributed by atoms with Crippen LogP contribution in [0.2, 0.25) is 10.0 Å². The number of para-hydroxylation sites is 1. The summed E-state index contributed by atoms with van der Waals surface area (Å²) in [7, 11) is -5.50. The van der Waals surface area contributed by atoms with Gasteiger partial charge in [-0.05, 0) is 147 Å². The zero-order valence-corrected chi connectivity index (χ0v) is 42.8. The average Bonchev–Trinajstić information content (AvgIpc) is 4.20. The lowest BCUT2D eigenvalue weighted by Gasteiger charge is -2.31. The third-order valence-corrected chi connectivity index (χ3v) is 19.4. The van der Waals surface area contributed by atoms with Gasteiger partial charge in [0, 0.05) is 74.8 Å². The first kappa shape index (κ1) is 50.8. The number of amides is 2. The van der Waals surface area contributed by atoms with E-state index in [4.69, 9.17) is 27.9 Å². The molecule has 2 fully saturated rings. The van der Waals surface area contributed by atoms with Crippen molar-refractivity contribution >= 4 is 83.4 Å². The smallest absolute Gasteiger partial charge is 0.252 e. The first-order chi connectivity index (χ1) is 33.7. The second-order valence-corrected chi connectivity index (χ2v) is 24.2. The molecule has 70 heavy (non-hydrogen) atoms. The van der Waals surface area contributed by atoms with Gasteiger partial charge in [0.05, 0.1) is 31.6 Å². The monoisotopic (exact) mass is 1060 g/mol. The maximum atomic E-state index is 13.3.